The van der Waals surface area contributed by atoms with Crippen LogP contribution in [0.25, 0.3) is 0 Å². The Balaban J connectivity index is 2.17. The molecule has 18 heavy (non-hydrogen) atoms. The predicted octanol–water partition coefficient (Wildman–Crippen LogP) is -0.649. The second-order valence-electron chi connectivity index (χ2n) is 4.21. The SMILES string of the molecule is Cc1nn(C)c(C(=O)NC2C=CS(=O)(=O)C2)c1N. The predicted molar refractivity (Wildman–Crippen MR) is 66.5 cm³/mol. The molecule has 2 rings (SSSR count). The topological polar surface area (TPSA) is 107 Å². The summed E-state index contributed by atoms with van der Waals surface area (Å²) in [5, 5.41) is 7.74. The fourth-order valence-corrected chi connectivity index (χ4v) is 3.08. The number of hydrogen-bond donors (Lipinski definition) is 2. The lowest BCUT2D eigenvalue weighted by atomic mass is 10.2. The minimum atomic E-state index is -3.19. The summed E-state index contributed by atoms with van der Waals surface area (Å²) in [5.74, 6) is -0.544. The van der Waals surface area contributed by atoms with Crippen LogP contribution in [0.4, 0.5) is 5.69 Å². The van der Waals surface area contributed by atoms with Gasteiger partial charge in [-0.15, -0.1) is 0 Å². The van der Waals surface area contributed by atoms with Crippen molar-refractivity contribution in [3.63, 3.8) is 0 Å². The average Bonchev–Trinajstić information content (AvgIpc) is 2.68. The number of hydrogen-bond acceptors (Lipinski definition) is 5. The van der Waals surface area contributed by atoms with Crippen molar-refractivity contribution in [1.29, 1.82) is 0 Å². The van der Waals surface area contributed by atoms with Crippen molar-refractivity contribution in [1.82, 2.24) is 15.1 Å². The Morgan fingerprint density at radius 3 is 2.72 bits per heavy atom. The van der Waals surface area contributed by atoms with E-state index in [4.69, 9.17) is 5.73 Å². The monoisotopic (exact) mass is 270 g/mol. The van der Waals surface area contributed by atoms with Gasteiger partial charge < -0.3 is 11.1 Å². The van der Waals surface area contributed by atoms with E-state index in [9.17, 15) is 13.2 Å². The summed E-state index contributed by atoms with van der Waals surface area (Å²) in [6.07, 6.45) is 1.45. The van der Waals surface area contributed by atoms with Crippen molar-refractivity contribution < 1.29 is 13.2 Å². The number of anilines is 1. The summed E-state index contributed by atoms with van der Waals surface area (Å²) in [6, 6.07) is -0.517. The Kier molecular flexibility index (Phi) is 2.89. The van der Waals surface area contributed by atoms with Gasteiger partial charge in [-0.1, -0.05) is 0 Å². The van der Waals surface area contributed by atoms with Crippen LogP contribution in [0, 0.1) is 6.92 Å². The van der Waals surface area contributed by atoms with Crippen LogP contribution >= 0.6 is 0 Å². The molecule has 0 saturated carbocycles. The molecule has 1 atom stereocenters. The first-order chi connectivity index (χ1) is 8.30. The summed E-state index contributed by atoms with van der Waals surface area (Å²) in [4.78, 5) is 12.0. The molecule has 0 aromatic carbocycles. The zero-order chi connectivity index (χ0) is 13.5. The van der Waals surface area contributed by atoms with E-state index in [-0.39, 0.29) is 11.4 Å². The maximum Gasteiger partial charge on any atom is 0.272 e. The Hall–Kier alpha value is -1.83. The number of rotatable bonds is 2. The normalized spacial score (nSPS) is 21.1. The summed E-state index contributed by atoms with van der Waals surface area (Å²) >= 11 is 0. The molecular weight excluding hydrogens is 256 g/mol. The van der Waals surface area contributed by atoms with E-state index in [0.717, 1.165) is 5.41 Å². The molecule has 7 nitrogen and oxygen atoms in total. The molecule has 0 spiro atoms. The molecular formula is C10H14N4O3S. The molecule has 0 radical (unpaired) electrons. The average molecular weight is 270 g/mol. The van der Waals surface area contributed by atoms with E-state index in [1.165, 1.54) is 10.8 Å². The fraction of sp³-hybridized carbons (Fsp3) is 0.400. The molecule has 98 valence electrons. The van der Waals surface area contributed by atoms with Crippen LogP contribution in [-0.2, 0) is 16.9 Å². The highest BCUT2D eigenvalue weighted by atomic mass is 32.2. The minimum Gasteiger partial charge on any atom is -0.395 e. The third kappa shape index (κ3) is 2.23. The van der Waals surface area contributed by atoms with Crippen LogP contribution in [-0.4, -0.2) is 35.9 Å². The molecule has 1 aliphatic rings. The number of carbonyl (C=O) groups is 1. The highest BCUT2D eigenvalue weighted by molar-refractivity contribution is 7.94. The summed E-state index contributed by atoms with van der Waals surface area (Å²) < 4.78 is 23.8. The lowest BCUT2D eigenvalue weighted by Gasteiger charge is -2.10. The van der Waals surface area contributed by atoms with Gasteiger partial charge in [-0.2, -0.15) is 5.10 Å². The number of nitrogens with zero attached hydrogens (tertiary/aromatic N) is 2. The Morgan fingerprint density at radius 2 is 2.28 bits per heavy atom. The quantitative estimate of drug-likeness (QED) is 0.742. The lowest BCUT2D eigenvalue weighted by Crippen LogP contribution is -2.36. The number of nitrogen functional groups attached to an aromatic ring is 1. The Labute approximate surface area is 105 Å². The summed E-state index contributed by atoms with van der Waals surface area (Å²) in [6.45, 7) is 1.70. The van der Waals surface area contributed by atoms with E-state index in [0.29, 0.717) is 11.4 Å². The number of amides is 1. The summed E-state index contributed by atoms with van der Waals surface area (Å²) in [5.41, 5.74) is 6.86. The molecule has 0 bridgehead atoms. The van der Waals surface area contributed by atoms with E-state index in [2.05, 4.69) is 10.4 Å². The third-order valence-corrected chi connectivity index (χ3v) is 4.13. The van der Waals surface area contributed by atoms with Gasteiger partial charge >= 0.3 is 0 Å². The zero-order valence-electron chi connectivity index (χ0n) is 10.0. The maximum absolute atomic E-state index is 12.0. The number of sulfone groups is 1. The number of aryl methyl sites for hydroxylation is 2. The largest absolute Gasteiger partial charge is 0.395 e. The second-order valence-corrected chi connectivity index (χ2v) is 6.14. The Morgan fingerprint density at radius 1 is 1.61 bits per heavy atom. The van der Waals surface area contributed by atoms with Gasteiger partial charge in [-0.05, 0) is 13.0 Å². The molecule has 1 aromatic rings. The van der Waals surface area contributed by atoms with Gasteiger partial charge in [-0.25, -0.2) is 8.42 Å². The van der Waals surface area contributed by atoms with Gasteiger partial charge in [0.15, 0.2) is 9.84 Å². The number of nitrogens with one attached hydrogen (secondary N) is 1. The van der Waals surface area contributed by atoms with Crippen molar-refractivity contribution in [2.24, 2.45) is 7.05 Å². The van der Waals surface area contributed by atoms with Gasteiger partial charge in [0.25, 0.3) is 5.91 Å². The van der Waals surface area contributed by atoms with Crippen molar-refractivity contribution in [3.8, 4) is 0 Å². The zero-order valence-corrected chi connectivity index (χ0v) is 10.9. The molecule has 8 heteroatoms. The first-order valence-corrected chi connectivity index (χ1v) is 7.02. The smallest absolute Gasteiger partial charge is 0.272 e. The van der Waals surface area contributed by atoms with Crippen LogP contribution < -0.4 is 11.1 Å². The molecule has 1 aliphatic heterocycles. The molecule has 2 heterocycles. The molecule has 0 fully saturated rings. The van der Waals surface area contributed by atoms with E-state index < -0.39 is 21.8 Å². The Bertz CT molecular complexity index is 630. The van der Waals surface area contributed by atoms with Crippen molar-refractivity contribution in [2.75, 3.05) is 11.5 Å². The van der Waals surface area contributed by atoms with Gasteiger partial charge in [0.1, 0.15) is 5.69 Å². The van der Waals surface area contributed by atoms with Gasteiger partial charge in [0.05, 0.1) is 23.2 Å². The van der Waals surface area contributed by atoms with E-state index in [1.54, 1.807) is 14.0 Å². The molecule has 1 amide bonds. The standard InChI is InChI=1S/C10H14N4O3S/c1-6-8(11)9(14(2)13-6)10(15)12-7-3-4-18(16,17)5-7/h3-4,7H,5,11H2,1-2H3,(H,12,15). The minimum absolute atomic E-state index is 0.116. The number of aromatic nitrogens is 2. The van der Waals surface area contributed by atoms with Crippen LogP contribution in [0.3, 0.4) is 0 Å². The first kappa shape index (κ1) is 12.6. The molecule has 1 unspecified atom stereocenters. The first-order valence-electron chi connectivity index (χ1n) is 5.31. The fourth-order valence-electron chi connectivity index (χ4n) is 1.85. The van der Waals surface area contributed by atoms with E-state index >= 15 is 0 Å². The second kappa shape index (κ2) is 4.13. The molecule has 0 saturated heterocycles. The van der Waals surface area contributed by atoms with Crippen LogP contribution in [0.5, 0.6) is 0 Å². The van der Waals surface area contributed by atoms with Crippen molar-refractivity contribution in [2.45, 2.75) is 13.0 Å². The molecule has 1 aromatic heterocycles. The number of nitrogens with two attached hydrogens (primary N) is 1. The maximum atomic E-state index is 12.0. The number of carbonyl (C=O) groups excluding carboxylic acids is 1. The highest BCUT2D eigenvalue weighted by Crippen LogP contribution is 2.16. The van der Waals surface area contributed by atoms with Crippen LogP contribution in [0.2, 0.25) is 0 Å². The molecule has 0 aliphatic carbocycles. The van der Waals surface area contributed by atoms with Crippen molar-refractivity contribution in [3.05, 3.63) is 22.9 Å². The van der Waals surface area contributed by atoms with Gasteiger partial charge in [0.2, 0.25) is 0 Å². The van der Waals surface area contributed by atoms with Gasteiger partial charge in [-0.3, -0.25) is 9.48 Å². The highest BCUT2D eigenvalue weighted by Gasteiger charge is 2.25. The summed E-state index contributed by atoms with van der Waals surface area (Å²) in [7, 11) is -1.58. The lowest BCUT2D eigenvalue weighted by molar-refractivity contribution is 0.0939. The van der Waals surface area contributed by atoms with E-state index in [1.807, 2.05) is 0 Å². The van der Waals surface area contributed by atoms with Crippen LogP contribution in [0.1, 0.15) is 16.2 Å². The van der Waals surface area contributed by atoms with Crippen LogP contribution in [0.15, 0.2) is 11.5 Å². The molecule has 3 N–H and O–H groups in total. The van der Waals surface area contributed by atoms with Crippen molar-refractivity contribution >= 4 is 21.4 Å². The third-order valence-electron chi connectivity index (χ3n) is 2.73. The van der Waals surface area contributed by atoms with Gasteiger partial charge in [0, 0.05) is 12.5 Å².